The molecule has 37 heavy (non-hydrogen) atoms. The van der Waals surface area contributed by atoms with Crippen LogP contribution < -0.4 is 14.5 Å². The Morgan fingerprint density at radius 1 is 1.03 bits per heavy atom. The molecule has 0 spiro atoms. The number of nitrogens with zero attached hydrogens (tertiary/aromatic N) is 5. The maximum absolute atomic E-state index is 14.4. The number of amides is 1. The minimum atomic E-state index is -0.230. The fourth-order valence-electron chi connectivity index (χ4n) is 4.57. The number of hydrogen-bond donors (Lipinski definition) is 0. The third-order valence-electron chi connectivity index (χ3n) is 6.49. The normalized spacial score (nSPS) is 13.5. The van der Waals surface area contributed by atoms with Crippen LogP contribution in [0.5, 0.6) is 5.75 Å². The highest BCUT2D eigenvalue weighted by Gasteiger charge is 2.26. The molecule has 0 saturated carbocycles. The summed E-state index contributed by atoms with van der Waals surface area (Å²) in [6, 6.07) is 18.2. The van der Waals surface area contributed by atoms with Crippen molar-refractivity contribution in [1.29, 1.82) is 0 Å². The van der Waals surface area contributed by atoms with Crippen molar-refractivity contribution in [1.82, 2.24) is 14.9 Å². The van der Waals surface area contributed by atoms with E-state index in [4.69, 9.17) is 9.72 Å². The van der Waals surface area contributed by atoms with Crippen LogP contribution in [0.3, 0.4) is 0 Å². The Labute approximate surface area is 219 Å². The second-order valence-electron chi connectivity index (χ2n) is 8.83. The number of aromatic nitrogens is 2. The predicted molar refractivity (Wildman–Crippen MR) is 145 cm³/mol. The van der Waals surface area contributed by atoms with Crippen molar-refractivity contribution in [2.45, 2.75) is 6.54 Å². The molecule has 1 amide bonds. The Kier molecular flexibility index (Phi) is 7.32. The van der Waals surface area contributed by atoms with Crippen LogP contribution in [-0.2, 0) is 6.54 Å². The maximum atomic E-state index is 14.4. The van der Waals surface area contributed by atoms with E-state index in [1.165, 1.54) is 17.4 Å². The van der Waals surface area contributed by atoms with E-state index in [0.29, 0.717) is 55.5 Å². The molecular weight excluding hydrogens is 489 g/mol. The van der Waals surface area contributed by atoms with E-state index in [1.54, 1.807) is 36.7 Å². The van der Waals surface area contributed by atoms with Gasteiger partial charge in [-0.05, 0) is 36.4 Å². The number of anilines is 2. The summed E-state index contributed by atoms with van der Waals surface area (Å²) in [5.41, 5.74) is 5.30. The quantitative estimate of drug-likeness (QED) is 0.346. The summed E-state index contributed by atoms with van der Waals surface area (Å²) < 4.78 is 19.9. The second-order valence-corrected chi connectivity index (χ2v) is 9.55. The molecule has 7 nitrogen and oxygen atoms in total. The first-order valence-corrected chi connectivity index (χ1v) is 13.0. The van der Waals surface area contributed by atoms with Gasteiger partial charge in [0.1, 0.15) is 17.4 Å². The van der Waals surface area contributed by atoms with Crippen LogP contribution in [0.15, 0.2) is 71.6 Å². The average molecular weight is 518 g/mol. The van der Waals surface area contributed by atoms with Crippen LogP contribution in [0, 0.1) is 5.82 Å². The SMILES string of the molecule is COc1ccccc1-c1ccc(C(=O)N(C)Cc2cscn2)c(N2CCN(c3ccccc3F)CC2)n1. The summed E-state index contributed by atoms with van der Waals surface area (Å²) in [5, 5.41) is 1.94. The number of methoxy groups -OCH3 is 1. The van der Waals surface area contributed by atoms with Gasteiger partial charge in [-0.2, -0.15) is 0 Å². The number of piperazine rings is 1. The highest BCUT2D eigenvalue weighted by molar-refractivity contribution is 7.07. The van der Waals surface area contributed by atoms with E-state index in [0.717, 1.165) is 17.0 Å². The summed E-state index contributed by atoms with van der Waals surface area (Å²) in [7, 11) is 3.41. The molecule has 2 aromatic carbocycles. The van der Waals surface area contributed by atoms with Gasteiger partial charge in [0, 0.05) is 44.2 Å². The Morgan fingerprint density at radius 2 is 1.76 bits per heavy atom. The summed E-state index contributed by atoms with van der Waals surface area (Å²) in [5.74, 6) is 0.974. The van der Waals surface area contributed by atoms with Gasteiger partial charge in [-0.3, -0.25) is 4.79 Å². The molecule has 2 aromatic heterocycles. The van der Waals surface area contributed by atoms with Crippen molar-refractivity contribution >= 4 is 28.7 Å². The van der Waals surface area contributed by atoms with Gasteiger partial charge in [0.05, 0.1) is 41.8 Å². The van der Waals surface area contributed by atoms with Crippen molar-refractivity contribution in [2.24, 2.45) is 0 Å². The van der Waals surface area contributed by atoms with Crippen LogP contribution >= 0.6 is 11.3 Å². The molecule has 1 saturated heterocycles. The molecule has 0 unspecified atom stereocenters. The standard InChI is InChI=1S/C28H28FN5O2S/c1-32(17-20-18-37-19-30-20)28(35)22-11-12-24(21-7-3-6-10-26(21)36-2)31-27(22)34-15-13-33(14-16-34)25-9-5-4-8-23(25)29/h3-12,18-19H,13-17H2,1-2H3. The molecule has 4 aromatic rings. The molecule has 1 fully saturated rings. The fraction of sp³-hybridized carbons (Fsp3) is 0.250. The lowest BCUT2D eigenvalue weighted by Gasteiger charge is -2.37. The first kappa shape index (κ1) is 24.7. The second kappa shape index (κ2) is 11.0. The van der Waals surface area contributed by atoms with Gasteiger partial charge in [-0.1, -0.05) is 24.3 Å². The predicted octanol–water partition coefficient (Wildman–Crippen LogP) is 4.95. The molecule has 190 valence electrons. The number of carbonyl (C=O) groups excluding carboxylic acids is 1. The van der Waals surface area contributed by atoms with Crippen molar-refractivity contribution in [2.75, 3.05) is 50.1 Å². The topological polar surface area (TPSA) is 61.8 Å². The van der Waals surface area contributed by atoms with Gasteiger partial charge in [-0.15, -0.1) is 11.3 Å². The summed E-state index contributed by atoms with van der Waals surface area (Å²) in [4.78, 5) is 28.7. The summed E-state index contributed by atoms with van der Waals surface area (Å²) in [6.07, 6.45) is 0. The number of ether oxygens (including phenoxy) is 1. The zero-order valence-corrected chi connectivity index (χ0v) is 21.6. The molecule has 0 N–H and O–H groups in total. The fourth-order valence-corrected chi connectivity index (χ4v) is 5.12. The van der Waals surface area contributed by atoms with Gasteiger partial charge in [0.2, 0.25) is 0 Å². The Bertz CT molecular complexity index is 1370. The lowest BCUT2D eigenvalue weighted by atomic mass is 10.1. The number of thiazole rings is 1. The molecule has 0 radical (unpaired) electrons. The number of carbonyl (C=O) groups is 1. The zero-order valence-electron chi connectivity index (χ0n) is 20.8. The van der Waals surface area contributed by atoms with Gasteiger partial charge in [-0.25, -0.2) is 14.4 Å². The number of rotatable bonds is 7. The third-order valence-corrected chi connectivity index (χ3v) is 7.13. The molecule has 3 heterocycles. The van der Waals surface area contributed by atoms with E-state index in [2.05, 4.69) is 9.88 Å². The Morgan fingerprint density at radius 3 is 2.49 bits per heavy atom. The monoisotopic (exact) mass is 517 g/mol. The number of hydrogen-bond acceptors (Lipinski definition) is 7. The zero-order chi connectivity index (χ0) is 25.8. The molecule has 5 rings (SSSR count). The molecule has 1 aliphatic rings. The van der Waals surface area contributed by atoms with Crippen LogP contribution in [0.25, 0.3) is 11.3 Å². The highest BCUT2D eigenvalue weighted by atomic mass is 32.1. The molecule has 0 bridgehead atoms. The molecule has 0 aliphatic carbocycles. The van der Waals surface area contributed by atoms with Crippen LogP contribution in [-0.4, -0.2) is 61.1 Å². The van der Waals surface area contributed by atoms with Crippen molar-refractivity contribution in [3.63, 3.8) is 0 Å². The van der Waals surface area contributed by atoms with Gasteiger partial charge < -0.3 is 19.4 Å². The van der Waals surface area contributed by atoms with Crippen LogP contribution in [0.2, 0.25) is 0 Å². The van der Waals surface area contributed by atoms with E-state index < -0.39 is 0 Å². The molecular formula is C28H28FN5O2S. The Balaban J connectivity index is 1.46. The largest absolute Gasteiger partial charge is 0.496 e. The van der Waals surface area contributed by atoms with Crippen LogP contribution in [0.1, 0.15) is 16.1 Å². The number of halogens is 1. The van der Waals surface area contributed by atoms with Crippen molar-refractivity contribution in [3.05, 3.63) is 88.6 Å². The van der Waals surface area contributed by atoms with Gasteiger partial charge in [0.15, 0.2) is 0 Å². The molecule has 0 atom stereocenters. The minimum absolute atomic E-state index is 0.126. The smallest absolute Gasteiger partial charge is 0.257 e. The lowest BCUT2D eigenvalue weighted by Crippen LogP contribution is -2.47. The van der Waals surface area contributed by atoms with Crippen molar-refractivity contribution < 1.29 is 13.9 Å². The summed E-state index contributed by atoms with van der Waals surface area (Å²) >= 11 is 1.50. The van der Waals surface area contributed by atoms with Crippen LogP contribution in [0.4, 0.5) is 15.9 Å². The number of pyridine rings is 1. The Hall–Kier alpha value is -3.98. The average Bonchev–Trinajstić information content (AvgIpc) is 3.46. The maximum Gasteiger partial charge on any atom is 0.257 e. The lowest BCUT2D eigenvalue weighted by molar-refractivity contribution is 0.0784. The van der Waals surface area contributed by atoms with Gasteiger partial charge >= 0.3 is 0 Å². The third kappa shape index (κ3) is 5.27. The summed E-state index contributed by atoms with van der Waals surface area (Å²) in [6.45, 7) is 2.85. The van der Waals surface area contributed by atoms with E-state index >= 15 is 0 Å². The minimum Gasteiger partial charge on any atom is -0.496 e. The van der Waals surface area contributed by atoms with Gasteiger partial charge in [0.25, 0.3) is 5.91 Å². The number of para-hydroxylation sites is 2. The highest BCUT2D eigenvalue weighted by Crippen LogP contribution is 2.32. The molecule has 1 aliphatic heterocycles. The van der Waals surface area contributed by atoms with E-state index in [-0.39, 0.29) is 11.7 Å². The van der Waals surface area contributed by atoms with Crippen molar-refractivity contribution in [3.8, 4) is 17.0 Å². The number of benzene rings is 2. The molecule has 9 heteroatoms. The van der Waals surface area contributed by atoms with E-state index in [9.17, 15) is 9.18 Å². The van der Waals surface area contributed by atoms with E-state index in [1.807, 2.05) is 52.7 Å². The first-order chi connectivity index (χ1) is 18.0. The first-order valence-electron chi connectivity index (χ1n) is 12.1.